The van der Waals surface area contributed by atoms with Gasteiger partial charge in [0.1, 0.15) is 17.1 Å². The van der Waals surface area contributed by atoms with Crippen molar-refractivity contribution in [2.24, 2.45) is 0 Å². The number of aryl methyl sites for hydroxylation is 1. The summed E-state index contributed by atoms with van der Waals surface area (Å²) in [4.78, 5) is 15.1. The van der Waals surface area contributed by atoms with Gasteiger partial charge in [-0.3, -0.25) is 9.89 Å². The Kier molecular flexibility index (Phi) is 6.15. The number of aromatic hydroxyl groups is 1. The average Bonchev–Trinajstić information content (AvgIpc) is 3.36. The number of fused-ring (bicyclic) bond motifs is 1. The van der Waals surface area contributed by atoms with E-state index in [2.05, 4.69) is 10.2 Å². The lowest BCUT2D eigenvalue weighted by molar-refractivity contribution is 0.0677. The maximum absolute atomic E-state index is 13.4. The number of phenolic OH excluding ortho intramolecular Hbond substituents is 1. The molecule has 1 atom stereocenters. The molecule has 1 aromatic heterocycles. The molecule has 1 aliphatic rings. The molecule has 1 amide bonds. The summed E-state index contributed by atoms with van der Waals surface area (Å²) in [6, 6.07) is 8.42. The smallest absolute Gasteiger partial charge is 0.273 e. The Labute approximate surface area is 191 Å². The molecule has 2 aromatic carbocycles. The molecule has 33 heavy (non-hydrogen) atoms. The van der Waals surface area contributed by atoms with Gasteiger partial charge in [-0.2, -0.15) is 5.10 Å². The quantitative estimate of drug-likeness (QED) is 0.539. The van der Waals surface area contributed by atoms with Gasteiger partial charge >= 0.3 is 0 Å². The number of nitrogens with zero attached hydrogens (tertiary/aromatic N) is 2. The van der Waals surface area contributed by atoms with E-state index in [0.717, 1.165) is 11.1 Å². The number of H-pyrrole nitrogens is 1. The van der Waals surface area contributed by atoms with Crippen molar-refractivity contribution in [3.05, 3.63) is 52.7 Å². The molecule has 0 spiro atoms. The van der Waals surface area contributed by atoms with Gasteiger partial charge in [0.05, 0.1) is 34.0 Å². The minimum absolute atomic E-state index is 0.0846. The number of amides is 1. The predicted molar refractivity (Wildman–Crippen MR) is 121 cm³/mol. The van der Waals surface area contributed by atoms with E-state index in [1.165, 1.54) is 7.11 Å². The number of carbonyl (C=O) groups excluding carboxylic acids is 1. The van der Waals surface area contributed by atoms with Crippen LogP contribution in [0, 0.1) is 6.92 Å². The molecular formula is C24H27N3O6. The minimum atomic E-state index is -0.509. The van der Waals surface area contributed by atoms with Crippen LogP contribution in [0.4, 0.5) is 0 Å². The highest BCUT2D eigenvalue weighted by molar-refractivity contribution is 6.00. The number of carbonyl (C=O) groups is 1. The fourth-order valence-corrected chi connectivity index (χ4v) is 4.27. The van der Waals surface area contributed by atoms with Gasteiger partial charge in [0.15, 0.2) is 11.5 Å². The van der Waals surface area contributed by atoms with Gasteiger partial charge in [-0.05, 0) is 36.8 Å². The molecule has 9 nitrogen and oxygen atoms in total. The Hall–Kier alpha value is -3.72. The van der Waals surface area contributed by atoms with Gasteiger partial charge in [0, 0.05) is 24.8 Å². The van der Waals surface area contributed by atoms with Crippen LogP contribution in [-0.4, -0.2) is 67.7 Å². The molecule has 2 heterocycles. The summed E-state index contributed by atoms with van der Waals surface area (Å²) in [7, 11) is 6.22. The number of ether oxygens (including phenoxy) is 4. The largest absolute Gasteiger partial charge is 0.507 e. The summed E-state index contributed by atoms with van der Waals surface area (Å²) in [5, 5.41) is 17.9. The third-order valence-electron chi connectivity index (χ3n) is 5.81. The zero-order chi connectivity index (χ0) is 23.7. The van der Waals surface area contributed by atoms with Crippen LogP contribution in [0.15, 0.2) is 30.3 Å². The number of aromatic nitrogens is 2. The molecule has 3 aromatic rings. The van der Waals surface area contributed by atoms with E-state index < -0.39 is 6.04 Å². The van der Waals surface area contributed by atoms with E-state index in [-0.39, 0.29) is 11.7 Å². The molecule has 0 aliphatic carbocycles. The fraction of sp³-hybridized carbons (Fsp3) is 0.333. The lowest BCUT2D eigenvalue weighted by atomic mass is 9.94. The van der Waals surface area contributed by atoms with Crippen molar-refractivity contribution in [2.75, 3.05) is 41.6 Å². The Morgan fingerprint density at radius 2 is 1.76 bits per heavy atom. The van der Waals surface area contributed by atoms with Gasteiger partial charge < -0.3 is 29.0 Å². The van der Waals surface area contributed by atoms with Gasteiger partial charge in [-0.25, -0.2) is 0 Å². The monoisotopic (exact) mass is 453 g/mol. The molecule has 0 saturated carbocycles. The summed E-state index contributed by atoms with van der Waals surface area (Å²) in [5.41, 5.74) is 3.82. The summed E-state index contributed by atoms with van der Waals surface area (Å²) in [6.07, 6.45) is 0. The van der Waals surface area contributed by atoms with Crippen LogP contribution in [0.1, 0.15) is 33.2 Å². The average molecular weight is 453 g/mol. The van der Waals surface area contributed by atoms with E-state index in [4.69, 9.17) is 18.9 Å². The van der Waals surface area contributed by atoms with Crippen molar-refractivity contribution < 1.29 is 28.8 Å². The number of nitrogens with one attached hydrogen (secondary N) is 1. The molecule has 0 bridgehead atoms. The van der Waals surface area contributed by atoms with Crippen molar-refractivity contribution in [3.8, 4) is 34.3 Å². The second kappa shape index (κ2) is 9.03. The summed E-state index contributed by atoms with van der Waals surface area (Å²) in [6.45, 7) is 2.65. The third kappa shape index (κ3) is 3.74. The van der Waals surface area contributed by atoms with Crippen molar-refractivity contribution in [3.63, 3.8) is 0 Å². The third-order valence-corrected chi connectivity index (χ3v) is 5.81. The number of hydrogen-bond acceptors (Lipinski definition) is 7. The van der Waals surface area contributed by atoms with E-state index >= 15 is 0 Å². The maximum atomic E-state index is 13.4. The minimum Gasteiger partial charge on any atom is -0.507 e. The number of methoxy groups -OCH3 is 4. The number of phenols is 1. The van der Waals surface area contributed by atoms with Crippen molar-refractivity contribution >= 4 is 5.91 Å². The second-order valence-corrected chi connectivity index (χ2v) is 7.73. The molecule has 4 rings (SSSR count). The van der Waals surface area contributed by atoms with Crippen LogP contribution < -0.4 is 14.2 Å². The van der Waals surface area contributed by atoms with Gasteiger partial charge in [0.25, 0.3) is 5.91 Å². The topological polar surface area (TPSA) is 106 Å². The molecule has 2 N–H and O–H groups in total. The number of rotatable bonds is 8. The molecule has 9 heteroatoms. The second-order valence-electron chi connectivity index (χ2n) is 7.73. The highest BCUT2D eigenvalue weighted by atomic mass is 16.5. The van der Waals surface area contributed by atoms with Gasteiger partial charge in [-0.15, -0.1) is 0 Å². The molecule has 0 fully saturated rings. The van der Waals surface area contributed by atoms with Gasteiger partial charge in [-0.1, -0.05) is 11.6 Å². The lowest BCUT2D eigenvalue weighted by Crippen LogP contribution is -2.32. The number of hydrogen-bond donors (Lipinski definition) is 2. The van der Waals surface area contributed by atoms with Gasteiger partial charge in [0.2, 0.25) is 5.75 Å². The summed E-state index contributed by atoms with van der Waals surface area (Å²) >= 11 is 0. The van der Waals surface area contributed by atoms with E-state index in [1.807, 2.05) is 31.2 Å². The summed E-state index contributed by atoms with van der Waals surface area (Å²) in [5.74, 6) is 1.29. The first-order chi connectivity index (χ1) is 15.9. The highest BCUT2D eigenvalue weighted by Gasteiger charge is 2.43. The first kappa shape index (κ1) is 22.5. The molecule has 1 aliphatic heterocycles. The van der Waals surface area contributed by atoms with E-state index in [1.54, 1.807) is 32.3 Å². The van der Waals surface area contributed by atoms with Crippen LogP contribution >= 0.6 is 0 Å². The lowest BCUT2D eigenvalue weighted by Gasteiger charge is -2.27. The Morgan fingerprint density at radius 3 is 2.36 bits per heavy atom. The molecule has 0 unspecified atom stereocenters. The maximum Gasteiger partial charge on any atom is 0.273 e. The SMILES string of the molecule is COCCN1C(=O)c2[nH]nc(-c3cc(C)ccc3O)c2[C@H]1c1cc(OC)c(OC)c(OC)c1. The highest BCUT2D eigenvalue weighted by Crippen LogP contribution is 2.48. The van der Waals surface area contributed by atoms with Crippen molar-refractivity contribution in [1.29, 1.82) is 0 Å². The molecular weight excluding hydrogens is 426 g/mol. The van der Waals surface area contributed by atoms with Crippen LogP contribution in [0.25, 0.3) is 11.3 Å². The Bertz CT molecular complexity index is 1160. The van der Waals surface area contributed by atoms with Crippen molar-refractivity contribution in [1.82, 2.24) is 15.1 Å². The van der Waals surface area contributed by atoms with Crippen LogP contribution in [0.2, 0.25) is 0 Å². The molecule has 0 radical (unpaired) electrons. The Morgan fingerprint density at radius 1 is 1.06 bits per heavy atom. The first-order valence-electron chi connectivity index (χ1n) is 10.4. The predicted octanol–water partition coefficient (Wildman–Crippen LogP) is 3.31. The van der Waals surface area contributed by atoms with Crippen LogP contribution in [0.3, 0.4) is 0 Å². The fourth-order valence-electron chi connectivity index (χ4n) is 4.27. The van der Waals surface area contributed by atoms with Crippen molar-refractivity contribution in [2.45, 2.75) is 13.0 Å². The molecule has 174 valence electrons. The number of benzene rings is 2. The summed E-state index contributed by atoms with van der Waals surface area (Å²) < 4.78 is 21.8. The van der Waals surface area contributed by atoms with E-state index in [9.17, 15) is 9.90 Å². The van der Waals surface area contributed by atoms with Crippen LogP contribution in [0.5, 0.6) is 23.0 Å². The first-order valence-corrected chi connectivity index (χ1v) is 10.4. The zero-order valence-corrected chi connectivity index (χ0v) is 19.3. The zero-order valence-electron chi connectivity index (χ0n) is 19.3. The standard InChI is InChI=1S/C24H27N3O6/c1-13-6-7-16(28)15(10-13)20-19-21(26-25-20)24(29)27(8-9-30-2)22(19)14-11-17(31-3)23(33-5)18(12-14)32-4/h6-7,10-12,22,28H,8-9H2,1-5H3,(H,25,26)/t22-/m1/s1. The van der Waals surface area contributed by atoms with Crippen LogP contribution in [-0.2, 0) is 4.74 Å². The van der Waals surface area contributed by atoms with E-state index in [0.29, 0.717) is 52.9 Å². The number of aromatic amines is 1. The molecule has 0 saturated heterocycles. The Balaban J connectivity index is 1.95. The normalized spacial score (nSPS) is 15.0.